The topological polar surface area (TPSA) is 84.5 Å². The van der Waals surface area contributed by atoms with E-state index >= 15 is 0 Å². The van der Waals surface area contributed by atoms with Crippen LogP contribution in [0.5, 0.6) is 0 Å². The summed E-state index contributed by atoms with van der Waals surface area (Å²) in [7, 11) is -3.62. The minimum Gasteiger partial charge on any atom is -0.382 e. The van der Waals surface area contributed by atoms with Crippen LogP contribution in [0.1, 0.15) is 36.5 Å². The van der Waals surface area contributed by atoms with Gasteiger partial charge in [-0.15, -0.1) is 0 Å². The Kier molecular flexibility index (Phi) is 8.38. The van der Waals surface area contributed by atoms with Crippen LogP contribution >= 0.6 is 0 Å². The molecule has 1 rings (SSSR count). The van der Waals surface area contributed by atoms with E-state index in [4.69, 9.17) is 4.74 Å². The predicted octanol–water partition coefficient (Wildman–Crippen LogP) is 1.82. The van der Waals surface area contributed by atoms with Crippen molar-refractivity contribution in [2.24, 2.45) is 0 Å². The highest BCUT2D eigenvalue weighted by Crippen LogP contribution is 2.21. The molecule has 0 bridgehead atoms. The molecule has 1 aromatic carbocycles. The fourth-order valence-electron chi connectivity index (χ4n) is 2.60. The SMILES string of the molecule is CCOCCCNC(=O)CCNS(=O)(=O)c1c(C)cc(C)cc1C. The Labute approximate surface area is 145 Å². The third-order valence-electron chi connectivity index (χ3n) is 3.51. The molecular weight excluding hydrogens is 328 g/mol. The second-order valence-electron chi connectivity index (χ2n) is 5.78. The van der Waals surface area contributed by atoms with Crippen LogP contribution in [0.15, 0.2) is 17.0 Å². The Morgan fingerprint density at radius 3 is 2.33 bits per heavy atom. The van der Waals surface area contributed by atoms with E-state index in [0.717, 1.165) is 12.0 Å². The maximum atomic E-state index is 12.4. The number of nitrogens with one attached hydrogen (secondary N) is 2. The molecule has 0 spiro atoms. The van der Waals surface area contributed by atoms with Gasteiger partial charge in [0.2, 0.25) is 15.9 Å². The van der Waals surface area contributed by atoms with Crippen LogP contribution in [0, 0.1) is 20.8 Å². The predicted molar refractivity (Wildman–Crippen MR) is 94.6 cm³/mol. The molecule has 0 radical (unpaired) electrons. The molecule has 0 unspecified atom stereocenters. The molecule has 2 N–H and O–H groups in total. The van der Waals surface area contributed by atoms with E-state index in [1.54, 1.807) is 13.8 Å². The molecule has 136 valence electrons. The van der Waals surface area contributed by atoms with Crippen molar-refractivity contribution >= 4 is 15.9 Å². The molecule has 24 heavy (non-hydrogen) atoms. The average molecular weight is 356 g/mol. The third-order valence-corrected chi connectivity index (χ3v) is 5.27. The minimum atomic E-state index is -3.62. The van der Waals surface area contributed by atoms with Gasteiger partial charge in [0.05, 0.1) is 4.90 Å². The van der Waals surface area contributed by atoms with Gasteiger partial charge in [-0.2, -0.15) is 0 Å². The Bertz CT molecular complexity index is 634. The number of benzene rings is 1. The standard InChI is InChI=1S/C17H28N2O4S/c1-5-23-10-6-8-18-16(20)7-9-19-24(21,22)17-14(3)11-13(2)12-15(17)4/h11-12,19H,5-10H2,1-4H3,(H,18,20). The number of hydrogen-bond acceptors (Lipinski definition) is 4. The maximum absolute atomic E-state index is 12.4. The number of aryl methyl sites for hydroxylation is 3. The monoisotopic (exact) mass is 356 g/mol. The highest BCUT2D eigenvalue weighted by atomic mass is 32.2. The molecule has 0 aliphatic rings. The first kappa shape index (κ1) is 20.6. The van der Waals surface area contributed by atoms with Gasteiger partial charge in [0.1, 0.15) is 0 Å². The Morgan fingerprint density at radius 1 is 1.12 bits per heavy atom. The molecule has 0 aliphatic carbocycles. The summed E-state index contributed by atoms with van der Waals surface area (Å²) in [6, 6.07) is 3.68. The van der Waals surface area contributed by atoms with Crippen LogP contribution in [-0.2, 0) is 19.6 Å². The number of carbonyl (C=O) groups is 1. The van der Waals surface area contributed by atoms with Crippen LogP contribution < -0.4 is 10.0 Å². The number of hydrogen-bond donors (Lipinski definition) is 2. The second kappa shape index (κ2) is 9.76. The molecule has 0 aliphatic heterocycles. The first-order valence-electron chi connectivity index (χ1n) is 8.20. The molecule has 0 saturated heterocycles. The summed E-state index contributed by atoms with van der Waals surface area (Å²) >= 11 is 0. The molecule has 1 aromatic rings. The number of carbonyl (C=O) groups excluding carboxylic acids is 1. The third kappa shape index (κ3) is 6.59. The number of rotatable bonds is 10. The molecule has 0 saturated carbocycles. The van der Waals surface area contributed by atoms with E-state index in [0.29, 0.717) is 35.8 Å². The first-order valence-corrected chi connectivity index (χ1v) is 9.68. The zero-order valence-electron chi connectivity index (χ0n) is 14.9. The maximum Gasteiger partial charge on any atom is 0.241 e. The van der Waals surface area contributed by atoms with Crippen molar-refractivity contribution in [2.45, 2.75) is 45.4 Å². The van der Waals surface area contributed by atoms with Crippen LogP contribution in [0.2, 0.25) is 0 Å². The van der Waals surface area contributed by atoms with Gasteiger partial charge in [0, 0.05) is 32.7 Å². The summed E-state index contributed by atoms with van der Waals surface area (Å²) in [4.78, 5) is 12.0. The number of ether oxygens (including phenoxy) is 1. The summed E-state index contributed by atoms with van der Waals surface area (Å²) in [5.41, 5.74) is 2.44. The van der Waals surface area contributed by atoms with Crippen LogP contribution in [0.25, 0.3) is 0 Å². The quantitative estimate of drug-likeness (QED) is 0.626. The van der Waals surface area contributed by atoms with Gasteiger partial charge in [0.15, 0.2) is 0 Å². The van der Waals surface area contributed by atoms with Gasteiger partial charge in [-0.3, -0.25) is 4.79 Å². The molecular formula is C17H28N2O4S. The summed E-state index contributed by atoms with van der Waals surface area (Å²) in [5, 5.41) is 2.74. The van der Waals surface area contributed by atoms with Crippen molar-refractivity contribution in [1.29, 1.82) is 0 Å². The lowest BCUT2D eigenvalue weighted by atomic mass is 10.1. The lowest BCUT2D eigenvalue weighted by molar-refractivity contribution is -0.120. The molecule has 0 heterocycles. The molecule has 0 atom stereocenters. The number of amides is 1. The van der Waals surface area contributed by atoms with Crippen molar-refractivity contribution in [2.75, 3.05) is 26.3 Å². The smallest absolute Gasteiger partial charge is 0.241 e. The van der Waals surface area contributed by atoms with Gasteiger partial charge in [-0.05, 0) is 45.2 Å². The van der Waals surface area contributed by atoms with Crippen molar-refractivity contribution in [3.8, 4) is 0 Å². The van der Waals surface area contributed by atoms with Crippen molar-refractivity contribution in [1.82, 2.24) is 10.0 Å². The minimum absolute atomic E-state index is 0.0758. The molecule has 6 nitrogen and oxygen atoms in total. The zero-order valence-corrected chi connectivity index (χ0v) is 15.8. The Balaban J connectivity index is 2.48. The van der Waals surface area contributed by atoms with E-state index in [9.17, 15) is 13.2 Å². The van der Waals surface area contributed by atoms with Gasteiger partial charge in [0.25, 0.3) is 0 Å². The Morgan fingerprint density at radius 2 is 1.75 bits per heavy atom. The highest BCUT2D eigenvalue weighted by molar-refractivity contribution is 7.89. The lowest BCUT2D eigenvalue weighted by Crippen LogP contribution is -2.32. The normalized spacial score (nSPS) is 11.5. The van der Waals surface area contributed by atoms with E-state index in [2.05, 4.69) is 10.0 Å². The summed E-state index contributed by atoms with van der Waals surface area (Å²) in [6.45, 7) is 9.28. The van der Waals surface area contributed by atoms with E-state index in [-0.39, 0.29) is 18.9 Å². The van der Waals surface area contributed by atoms with Gasteiger partial charge >= 0.3 is 0 Å². The van der Waals surface area contributed by atoms with Crippen LogP contribution in [0.4, 0.5) is 0 Å². The van der Waals surface area contributed by atoms with E-state index < -0.39 is 10.0 Å². The van der Waals surface area contributed by atoms with Crippen molar-refractivity contribution in [3.63, 3.8) is 0 Å². The second-order valence-corrected chi connectivity index (χ2v) is 7.48. The largest absolute Gasteiger partial charge is 0.382 e. The van der Waals surface area contributed by atoms with E-state index in [1.165, 1.54) is 0 Å². The molecule has 0 aromatic heterocycles. The van der Waals surface area contributed by atoms with Gasteiger partial charge in [-0.1, -0.05) is 17.7 Å². The van der Waals surface area contributed by atoms with Crippen molar-refractivity contribution in [3.05, 3.63) is 28.8 Å². The van der Waals surface area contributed by atoms with Crippen LogP contribution in [0.3, 0.4) is 0 Å². The van der Waals surface area contributed by atoms with Crippen molar-refractivity contribution < 1.29 is 17.9 Å². The summed E-state index contributed by atoms with van der Waals surface area (Å²) < 4.78 is 32.6. The van der Waals surface area contributed by atoms with Crippen LogP contribution in [-0.4, -0.2) is 40.6 Å². The van der Waals surface area contributed by atoms with E-state index in [1.807, 2.05) is 26.0 Å². The summed E-state index contributed by atoms with van der Waals surface area (Å²) in [6.07, 6.45) is 0.852. The lowest BCUT2D eigenvalue weighted by Gasteiger charge is -2.13. The highest BCUT2D eigenvalue weighted by Gasteiger charge is 2.19. The average Bonchev–Trinajstić information content (AvgIpc) is 2.45. The fraction of sp³-hybridized carbons (Fsp3) is 0.588. The van der Waals surface area contributed by atoms with Gasteiger partial charge in [-0.25, -0.2) is 13.1 Å². The molecule has 1 amide bonds. The summed E-state index contributed by atoms with van der Waals surface area (Å²) in [5.74, 6) is -0.174. The first-order chi connectivity index (χ1) is 11.3. The molecule has 0 fully saturated rings. The Hall–Kier alpha value is -1.44. The zero-order chi connectivity index (χ0) is 18.2. The van der Waals surface area contributed by atoms with Gasteiger partial charge < -0.3 is 10.1 Å². The number of sulfonamides is 1. The fourth-order valence-corrected chi connectivity index (χ4v) is 4.08. The molecule has 7 heteroatoms.